The average molecular weight is 532 g/mol. The van der Waals surface area contributed by atoms with Gasteiger partial charge in [-0.25, -0.2) is 14.4 Å². The maximum Gasteiger partial charge on any atom is 0.225 e. The Balaban J connectivity index is 1.07. The molecule has 1 aromatic carbocycles. The fourth-order valence-electron chi connectivity index (χ4n) is 10.3. The molecule has 6 heterocycles. The van der Waals surface area contributed by atoms with Crippen molar-refractivity contribution in [1.82, 2.24) is 19.8 Å². The van der Waals surface area contributed by atoms with E-state index >= 15 is 0 Å². The van der Waals surface area contributed by atoms with Crippen LogP contribution in [0.25, 0.3) is 0 Å². The Hall–Kier alpha value is -2.45. The van der Waals surface area contributed by atoms with Gasteiger partial charge in [-0.15, -0.1) is 0 Å². The molecule has 206 valence electrons. The second-order valence-electron chi connectivity index (χ2n) is 13.5. The first-order valence-corrected chi connectivity index (χ1v) is 15.3. The monoisotopic (exact) mass is 531 g/mol. The number of likely N-dealkylation sites (tertiary alicyclic amines) is 1. The molecule has 2 aromatic rings. The van der Waals surface area contributed by atoms with Crippen molar-refractivity contribution in [3.63, 3.8) is 0 Å². The summed E-state index contributed by atoms with van der Waals surface area (Å²) in [6.45, 7) is 5.36. The third-order valence-corrected chi connectivity index (χ3v) is 12.1. The van der Waals surface area contributed by atoms with Crippen LogP contribution in [0.1, 0.15) is 62.5 Å². The van der Waals surface area contributed by atoms with E-state index in [0.717, 1.165) is 57.0 Å². The van der Waals surface area contributed by atoms with Gasteiger partial charge in [0.05, 0.1) is 12.4 Å². The molecular formula is C31H38FN5O2. The van der Waals surface area contributed by atoms with Gasteiger partial charge in [-0.2, -0.15) is 0 Å². The Kier molecular flexibility index (Phi) is 4.81. The Labute approximate surface area is 229 Å². The van der Waals surface area contributed by atoms with Crippen molar-refractivity contribution in [2.45, 2.75) is 87.4 Å². The second kappa shape index (κ2) is 8.06. The van der Waals surface area contributed by atoms with Crippen molar-refractivity contribution in [3.05, 3.63) is 41.5 Å². The van der Waals surface area contributed by atoms with E-state index in [4.69, 9.17) is 4.74 Å². The third kappa shape index (κ3) is 3.05. The lowest BCUT2D eigenvalue weighted by molar-refractivity contribution is -0.132. The number of rotatable bonds is 4. The van der Waals surface area contributed by atoms with E-state index in [9.17, 15) is 9.50 Å². The first kappa shape index (κ1) is 23.3. The highest BCUT2D eigenvalue weighted by Gasteiger charge is 2.74. The van der Waals surface area contributed by atoms with Gasteiger partial charge in [0.2, 0.25) is 5.95 Å². The van der Waals surface area contributed by atoms with Gasteiger partial charge in [0, 0.05) is 54.2 Å². The van der Waals surface area contributed by atoms with Crippen molar-refractivity contribution in [1.29, 1.82) is 0 Å². The Morgan fingerprint density at radius 2 is 1.79 bits per heavy atom. The van der Waals surface area contributed by atoms with E-state index in [0.29, 0.717) is 29.8 Å². The molecule has 3 aliphatic carbocycles. The number of hydrogen-bond donors (Lipinski definition) is 1. The third-order valence-electron chi connectivity index (χ3n) is 12.1. The number of aromatic hydroxyl groups is 1. The van der Waals surface area contributed by atoms with Gasteiger partial charge in [0.1, 0.15) is 6.10 Å². The molecular weight excluding hydrogens is 493 g/mol. The van der Waals surface area contributed by atoms with Crippen LogP contribution in [0, 0.1) is 17.2 Å². The highest BCUT2D eigenvalue weighted by atomic mass is 19.1. The van der Waals surface area contributed by atoms with Crippen LogP contribution in [0.4, 0.5) is 10.3 Å². The van der Waals surface area contributed by atoms with E-state index < -0.39 is 0 Å². The molecule has 4 bridgehead atoms. The topological polar surface area (TPSA) is 65.0 Å². The average Bonchev–Trinajstić information content (AvgIpc) is 3.75. The summed E-state index contributed by atoms with van der Waals surface area (Å²) in [5.41, 5.74) is 3.09. The lowest BCUT2D eigenvalue weighted by Gasteiger charge is -2.66. The van der Waals surface area contributed by atoms with Crippen LogP contribution < -0.4 is 9.64 Å². The van der Waals surface area contributed by atoms with Gasteiger partial charge >= 0.3 is 0 Å². The molecule has 5 atom stereocenters. The Morgan fingerprint density at radius 1 is 0.974 bits per heavy atom. The molecule has 0 unspecified atom stereocenters. The molecule has 8 aliphatic rings. The standard InChI is InChI=1S/C31H38FN5O2/c32-21-16-33-29(34-17-21)35-11-6-22(7-12-35)37-14-9-30-8-5-23(37)28-31(30)10-13-36(18-19-1-2-19)25(30)15-20-3-4-24(38)27(39-28)26(20)31/h3-4,16-17,19,22-23,25,28,38H,1-2,5-15,18H2/t23-,25-,28+,30-,31+/m1/s1. The molecule has 6 fully saturated rings. The first-order valence-electron chi connectivity index (χ1n) is 15.3. The first-order chi connectivity index (χ1) is 19.1. The van der Waals surface area contributed by atoms with Gasteiger partial charge < -0.3 is 14.7 Å². The molecule has 39 heavy (non-hydrogen) atoms. The van der Waals surface area contributed by atoms with Crippen LogP contribution in [0.3, 0.4) is 0 Å². The minimum atomic E-state index is -0.387. The number of piperidine rings is 2. The van der Waals surface area contributed by atoms with Crippen molar-refractivity contribution < 1.29 is 14.2 Å². The normalized spacial score (nSPS) is 37.5. The van der Waals surface area contributed by atoms with Crippen molar-refractivity contribution in [2.24, 2.45) is 11.3 Å². The molecule has 0 amide bonds. The summed E-state index contributed by atoms with van der Waals surface area (Å²) in [5.74, 6) is 2.30. The zero-order valence-corrected chi connectivity index (χ0v) is 22.6. The van der Waals surface area contributed by atoms with Gasteiger partial charge in [0.25, 0.3) is 0 Å². The largest absolute Gasteiger partial charge is 0.504 e. The summed E-state index contributed by atoms with van der Waals surface area (Å²) < 4.78 is 20.4. The maximum absolute atomic E-state index is 13.4. The highest BCUT2D eigenvalue weighted by molar-refractivity contribution is 5.62. The van der Waals surface area contributed by atoms with Crippen LogP contribution in [-0.4, -0.2) is 81.8 Å². The van der Waals surface area contributed by atoms with Gasteiger partial charge in [-0.3, -0.25) is 9.80 Å². The summed E-state index contributed by atoms with van der Waals surface area (Å²) in [6, 6.07) is 5.57. The van der Waals surface area contributed by atoms with Gasteiger partial charge in [0.15, 0.2) is 17.3 Å². The van der Waals surface area contributed by atoms with Crippen molar-refractivity contribution in [2.75, 3.05) is 37.6 Å². The molecule has 2 saturated carbocycles. The summed E-state index contributed by atoms with van der Waals surface area (Å²) in [7, 11) is 0. The molecule has 1 aromatic heterocycles. The molecule has 4 saturated heterocycles. The number of phenolic OH excluding ortho intramolecular Hbond substituents is 1. The fourth-order valence-corrected chi connectivity index (χ4v) is 10.3. The van der Waals surface area contributed by atoms with Crippen molar-refractivity contribution in [3.8, 4) is 11.5 Å². The number of hydrogen-bond acceptors (Lipinski definition) is 7. The SMILES string of the molecule is Oc1ccc2c3c1O[C@H]1[C@H]4CC[C@@]5(CCN4C4CCN(c6ncc(F)cn6)CC4)[C@@H](C2)N(CC2CC2)CC[C@]315. The minimum Gasteiger partial charge on any atom is -0.504 e. The van der Waals surface area contributed by atoms with E-state index in [1.54, 1.807) is 0 Å². The van der Waals surface area contributed by atoms with Crippen LogP contribution in [0.15, 0.2) is 24.5 Å². The summed E-state index contributed by atoms with van der Waals surface area (Å²) in [5, 5.41) is 11.0. The maximum atomic E-state index is 13.4. The zero-order valence-electron chi connectivity index (χ0n) is 22.6. The molecule has 2 spiro atoms. The van der Waals surface area contributed by atoms with E-state index in [2.05, 4.69) is 30.7 Å². The van der Waals surface area contributed by atoms with Crippen LogP contribution in [0.2, 0.25) is 0 Å². The van der Waals surface area contributed by atoms with Crippen LogP contribution in [-0.2, 0) is 11.8 Å². The summed E-state index contributed by atoms with van der Waals surface area (Å²) >= 11 is 0. The predicted octanol–water partition coefficient (Wildman–Crippen LogP) is 3.88. The quantitative estimate of drug-likeness (QED) is 0.642. The van der Waals surface area contributed by atoms with E-state index in [-0.39, 0.29) is 22.8 Å². The van der Waals surface area contributed by atoms with Crippen LogP contribution >= 0.6 is 0 Å². The summed E-state index contributed by atoms with van der Waals surface area (Å²) in [6.07, 6.45) is 13.5. The molecule has 0 radical (unpaired) electrons. The number of benzene rings is 1. The predicted molar refractivity (Wildman–Crippen MR) is 145 cm³/mol. The van der Waals surface area contributed by atoms with Gasteiger partial charge in [-0.1, -0.05) is 6.07 Å². The smallest absolute Gasteiger partial charge is 0.225 e. The molecule has 5 aliphatic heterocycles. The number of anilines is 1. The number of fused-ring (bicyclic) bond motifs is 3. The molecule has 1 N–H and O–H groups in total. The second-order valence-corrected chi connectivity index (χ2v) is 13.5. The lowest BCUT2D eigenvalue weighted by Crippen LogP contribution is -2.73. The Morgan fingerprint density at radius 3 is 2.59 bits per heavy atom. The number of ether oxygens (including phenoxy) is 1. The molecule has 10 rings (SSSR count). The van der Waals surface area contributed by atoms with E-state index in [1.807, 2.05) is 6.07 Å². The fraction of sp³-hybridized carbons (Fsp3) is 0.677. The highest BCUT2D eigenvalue weighted by Crippen LogP contribution is 2.72. The number of halogens is 1. The van der Waals surface area contributed by atoms with Gasteiger partial charge in [-0.05, 0) is 88.4 Å². The number of aromatic nitrogens is 2. The molecule has 7 nitrogen and oxygen atoms in total. The van der Waals surface area contributed by atoms with Crippen LogP contribution in [0.5, 0.6) is 11.5 Å². The molecule has 8 heteroatoms. The minimum absolute atomic E-state index is 0.0275. The zero-order chi connectivity index (χ0) is 25.9. The van der Waals surface area contributed by atoms with E-state index in [1.165, 1.54) is 68.7 Å². The van der Waals surface area contributed by atoms with Crippen molar-refractivity contribution >= 4 is 5.95 Å². The lowest BCUT2D eigenvalue weighted by atomic mass is 9.42. The number of phenols is 1. The number of nitrogens with zero attached hydrogens (tertiary/aromatic N) is 5. The summed E-state index contributed by atoms with van der Waals surface area (Å²) in [4.78, 5) is 16.4. The Bertz CT molecular complexity index is 1310.